The molecule has 2 amide bonds. The minimum Gasteiger partial charge on any atom is -0.493 e. The van der Waals surface area contributed by atoms with Crippen LogP contribution in [-0.2, 0) is 22.4 Å². The maximum Gasteiger partial charge on any atom is 0.224 e. The summed E-state index contributed by atoms with van der Waals surface area (Å²) < 4.78 is 17.1. The molecule has 11 heteroatoms. The van der Waals surface area contributed by atoms with Gasteiger partial charge in [-0.25, -0.2) is 4.98 Å². The fourth-order valence-corrected chi connectivity index (χ4v) is 6.17. The summed E-state index contributed by atoms with van der Waals surface area (Å²) in [5.74, 6) is 2.59. The van der Waals surface area contributed by atoms with Crippen molar-refractivity contribution in [2.24, 2.45) is 5.92 Å². The number of rotatable bonds is 12. The van der Waals surface area contributed by atoms with E-state index in [0.29, 0.717) is 65.9 Å². The lowest BCUT2D eigenvalue weighted by molar-refractivity contribution is -0.119. The van der Waals surface area contributed by atoms with E-state index >= 15 is 0 Å². The molecule has 1 atom stereocenters. The van der Waals surface area contributed by atoms with Crippen molar-refractivity contribution in [3.63, 3.8) is 0 Å². The van der Waals surface area contributed by atoms with Crippen molar-refractivity contribution in [3.05, 3.63) is 69.6 Å². The summed E-state index contributed by atoms with van der Waals surface area (Å²) in [7, 11) is 4.69. The van der Waals surface area contributed by atoms with Crippen molar-refractivity contribution in [1.29, 1.82) is 0 Å². The van der Waals surface area contributed by atoms with Crippen LogP contribution in [0.15, 0.2) is 47.3 Å². The van der Waals surface area contributed by atoms with Crippen LogP contribution < -0.4 is 35.6 Å². The van der Waals surface area contributed by atoms with Crippen molar-refractivity contribution in [2.45, 2.75) is 58.9 Å². The van der Waals surface area contributed by atoms with E-state index in [4.69, 9.17) is 14.2 Å². The van der Waals surface area contributed by atoms with Crippen LogP contribution in [0.3, 0.4) is 0 Å². The van der Waals surface area contributed by atoms with E-state index in [-0.39, 0.29) is 23.7 Å². The van der Waals surface area contributed by atoms with Gasteiger partial charge in [-0.15, -0.1) is 0 Å². The zero-order valence-corrected chi connectivity index (χ0v) is 27.8. The zero-order valence-electron chi connectivity index (χ0n) is 27.8. The topological polar surface area (TPSA) is 144 Å². The third-order valence-electron chi connectivity index (χ3n) is 8.23. The van der Waals surface area contributed by atoms with E-state index in [1.54, 1.807) is 33.5 Å². The lowest BCUT2D eigenvalue weighted by Crippen LogP contribution is -2.26. The summed E-state index contributed by atoms with van der Waals surface area (Å²) in [5.41, 5.74) is 5.81. The summed E-state index contributed by atoms with van der Waals surface area (Å²) in [5, 5.41) is 9.19. The molecule has 0 radical (unpaired) electrons. The van der Waals surface area contributed by atoms with Crippen LogP contribution in [0.25, 0.3) is 22.2 Å². The van der Waals surface area contributed by atoms with E-state index in [1.807, 2.05) is 30.3 Å². The number of fused-ring (bicyclic) bond motifs is 4. The van der Waals surface area contributed by atoms with Gasteiger partial charge in [0.1, 0.15) is 5.82 Å². The summed E-state index contributed by atoms with van der Waals surface area (Å²) in [4.78, 5) is 46.4. The first-order chi connectivity index (χ1) is 22.6. The molecule has 0 bridgehead atoms. The van der Waals surface area contributed by atoms with E-state index in [2.05, 4.69) is 39.8 Å². The molecule has 3 aromatic carbocycles. The second-order valence-electron chi connectivity index (χ2n) is 12.2. The normalized spacial score (nSPS) is 13.7. The second kappa shape index (κ2) is 14.6. The molecule has 11 nitrogen and oxygen atoms in total. The van der Waals surface area contributed by atoms with Crippen molar-refractivity contribution >= 4 is 34.2 Å². The highest BCUT2D eigenvalue weighted by molar-refractivity contribution is 5.93. The lowest BCUT2D eigenvalue weighted by Gasteiger charge is -2.19. The number of carbonyl (C=O) groups excluding carboxylic acids is 2. The van der Waals surface area contributed by atoms with Crippen LogP contribution in [0.2, 0.25) is 0 Å². The first-order valence-electron chi connectivity index (χ1n) is 15.9. The highest BCUT2D eigenvalue weighted by Crippen LogP contribution is 2.50. The number of hydrogen-bond acceptors (Lipinski definition) is 8. The molecular weight excluding hydrogens is 598 g/mol. The van der Waals surface area contributed by atoms with Gasteiger partial charge in [-0.05, 0) is 78.3 Å². The number of hydrogen-bond donors (Lipinski definition) is 4. The van der Waals surface area contributed by atoms with Crippen LogP contribution in [-0.4, -0.2) is 49.7 Å². The molecule has 5 rings (SSSR count). The molecule has 0 fully saturated rings. The molecular formula is C36H43N5O6. The molecule has 248 valence electrons. The predicted octanol–water partition coefficient (Wildman–Crippen LogP) is 5.77. The minimum absolute atomic E-state index is 0.119. The lowest BCUT2D eigenvalue weighted by atomic mass is 9.95. The van der Waals surface area contributed by atoms with Crippen LogP contribution >= 0.6 is 0 Å². The largest absolute Gasteiger partial charge is 0.493 e. The Morgan fingerprint density at radius 1 is 1.02 bits per heavy atom. The Morgan fingerprint density at radius 3 is 2.51 bits per heavy atom. The van der Waals surface area contributed by atoms with Gasteiger partial charge in [-0.3, -0.25) is 14.4 Å². The zero-order chi connectivity index (χ0) is 33.7. The van der Waals surface area contributed by atoms with E-state index in [0.717, 1.165) is 40.0 Å². The summed E-state index contributed by atoms with van der Waals surface area (Å²) in [6.45, 7) is 6.17. The number of nitrogens with zero attached hydrogens (tertiary/aromatic N) is 1. The van der Waals surface area contributed by atoms with Crippen LogP contribution in [0.5, 0.6) is 17.2 Å². The average Bonchev–Trinajstić information content (AvgIpc) is 3.27. The summed E-state index contributed by atoms with van der Waals surface area (Å²) >= 11 is 0. The first-order valence-corrected chi connectivity index (χ1v) is 15.9. The molecule has 1 heterocycles. The number of nitrogens with one attached hydrogen (secondary N) is 4. The maximum atomic E-state index is 13.5. The van der Waals surface area contributed by atoms with Gasteiger partial charge in [0.25, 0.3) is 0 Å². The Morgan fingerprint density at radius 2 is 1.81 bits per heavy atom. The number of aromatic nitrogens is 2. The number of H-pyrrole nitrogens is 1. The van der Waals surface area contributed by atoms with Gasteiger partial charge >= 0.3 is 0 Å². The molecule has 1 aromatic heterocycles. The Balaban J connectivity index is 1.33. The highest BCUT2D eigenvalue weighted by atomic mass is 16.5. The molecule has 0 saturated heterocycles. The number of imidazole rings is 1. The predicted molar refractivity (Wildman–Crippen MR) is 184 cm³/mol. The van der Waals surface area contributed by atoms with E-state index < -0.39 is 6.04 Å². The number of anilines is 2. The smallest absolute Gasteiger partial charge is 0.224 e. The Kier molecular flexibility index (Phi) is 10.3. The van der Waals surface area contributed by atoms with Gasteiger partial charge in [0, 0.05) is 37.6 Å². The molecule has 0 unspecified atom stereocenters. The van der Waals surface area contributed by atoms with Gasteiger partial charge in [-0.2, -0.15) is 0 Å². The fraction of sp³-hybridized carbons (Fsp3) is 0.389. The van der Waals surface area contributed by atoms with Gasteiger partial charge < -0.3 is 35.1 Å². The molecule has 1 aliphatic rings. The van der Waals surface area contributed by atoms with Gasteiger partial charge in [0.05, 0.1) is 44.1 Å². The monoisotopic (exact) mass is 641 g/mol. The van der Waals surface area contributed by atoms with Gasteiger partial charge in [0.15, 0.2) is 11.5 Å². The number of ether oxygens (including phenoxy) is 3. The van der Waals surface area contributed by atoms with Crippen LogP contribution in [0.1, 0.15) is 63.0 Å². The molecule has 1 aliphatic carbocycles. The van der Waals surface area contributed by atoms with E-state index in [1.165, 1.54) is 6.92 Å². The highest BCUT2D eigenvalue weighted by Gasteiger charge is 2.29. The molecule has 0 aliphatic heterocycles. The van der Waals surface area contributed by atoms with E-state index in [9.17, 15) is 14.4 Å². The molecule has 4 N–H and O–H groups in total. The average molecular weight is 642 g/mol. The fourth-order valence-electron chi connectivity index (χ4n) is 6.17. The SMILES string of the molecule is COc1cc2c(c(OC)c1OC)-c1ccc(NCCCC(=O)Nc3ccc4nc(CC(C)C)[nH]c4c3)c(=O)cc1[C@H](NC(C)=O)CC2. The number of benzene rings is 2. The summed E-state index contributed by atoms with van der Waals surface area (Å²) in [6.07, 6.45) is 2.83. The standard InChI is InChI=1S/C36H43N5O6/c1-20(2)16-32-40-27-13-10-23(18-29(27)41-32)39-33(44)8-7-15-37-28-14-11-24-25(19-30(28)43)26(38-21(3)42)12-9-22-17-31(45-4)35(46-5)36(47-6)34(22)24/h10-11,13-14,17-20,26H,7-9,12,15-16H2,1-6H3,(H,37,43)(H,38,42)(H,39,44)(H,40,41)/t26-/m1/s1. The maximum absolute atomic E-state index is 13.5. The molecule has 47 heavy (non-hydrogen) atoms. The van der Waals surface area contributed by atoms with Gasteiger partial charge in [-0.1, -0.05) is 19.9 Å². The minimum atomic E-state index is -0.393. The third-order valence-corrected chi connectivity index (χ3v) is 8.23. The van der Waals surface area contributed by atoms with Crippen LogP contribution in [0, 0.1) is 5.92 Å². The van der Waals surface area contributed by atoms with Crippen LogP contribution in [0.4, 0.5) is 11.4 Å². The molecule has 0 spiro atoms. The Hall–Kier alpha value is -5.06. The molecule has 0 saturated carbocycles. The quantitative estimate of drug-likeness (QED) is 0.143. The van der Waals surface area contributed by atoms with Crippen molar-refractivity contribution in [3.8, 4) is 28.4 Å². The number of carbonyl (C=O) groups is 2. The van der Waals surface area contributed by atoms with Crippen molar-refractivity contribution in [1.82, 2.24) is 15.3 Å². The number of aromatic amines is 1. The van der Waals surface area contributed by atoms with Crippen molar-refractivity contribution < 1.29 is 23.8 Å². The second-order valence-corrected chi connectivity index (χ2v) is 12.2. The third kappa shape index (κ3) is 7.51. The van der Waals surface area contributed by atoms with Crippen molar-refractivity contribution in [2.75, 3.05) is 38.5 Å². The summed E-state index contributed by atoms with van der Waals surface area (Å²) in [6, 6.07) is 12.4. The molecule has 4 aromatic rings. The first kappa shape index (κ1) is 33.3. The van der Waals surface area contributed by atoms with Gasteiger partial charge in [0.2, 0.25) is 23.0 Å². The Bertz CT molecular complexity index is 1850. The number of methoxy groups -OCH3 is 3. The Labute approximate surface area is 274 Å². The number of aryl methyl sites for hydroxylation is 1. The number of amides is 2.